The van der Waals surface area contributed by atoms with Crippen molar-refractivity contribution < 1.29 is 0 Å². The first-order chi connectivity index (χ1) is 11.0. The SMILES string of the molecule is Cc1cc(C)nc(N2CCC(c3ccnc(N(C)C)n3)CC2)n1. The van der Waals surface area contributed by atoms with Crippen molar-refractivity contribution in [1.29, 1.82) is 0 Å². The summed E-state index contributed by atoms with van der Waals surface area (Å²) in [5, 5.41) is 0. The van der Waals surface area contributed by atoms with Gasteiger partial charge in [-0.1, -0.05) is 0 Å². The molecule has 0 spiro atoms. The van der Waals surface area contributed by atoms with Gasteiger partial charge in [0.05, 0.1) is 0 Å². The molecule has 1 aliphatic heterocycles. The third-order valence-electron chi connectivity index (χ3n) is 4.23. The highest BCUT2D eigenvalue weighted by atomic mass is 15.3. The molecule has 0 amide bonds. The van der Waals surface area contributed by atoms with Crippen LogP contribution in [0.25, 0.3) is 0 Å². The Morgan fingerprint density at radius 3 is 2.30 bits per heavy atom. The second-order valence-corrected chi connectivity index (χ2v) is 6.39. The molecule has 0 aromatic carbocycles. The highest BCUT2D eigenvalue weighted by Gasteiger charge is 2.23. The number of hydrogen-bond acceptors (Lipinski definition) is 6. The topological polar surface area (TPSA) is 58.0 Å². The summed E-state index contributed by atoms with van der Waals surface area (Å²) in [6, 6.07) is 4.06. The van der Waals surface area contributed by atoms with Crippen LogP contribution in [0.4, 0.5) is 11.9 Å². The molecule has 0 radical (unpaired) electrons. The van der Waals surface area contributed by atoms with Gasteiger partial charge in [-0.05, 0) is 38.8 Å². The number of nitrogens with zero attached hydrogens (tertiary/aromatic N) is 6. The van der Waals surface area contributed by atoms with E-state index in [1.165, 1.54) is 0 Å². The number of anilines is 2. The van der Waals surface area contributed by atoms with Crippen LogP contribution in [0.5, 0.6) is 0 Å². The second kappa shape index (κ2) is 6.48. The van der Waals surface area contributed by atoms with Gasteiger partial charge in [-0.25, -0.2) is 19.9 Å². The Kier molecular flexibility index (Phi) is 4.41. The molecule has 1 saturated heterocycles. The summed E-state index contributed by atoms with van der Waals surface area (Å²) in [5.41, 5.74) is 3.20. The number of hydrogen-bond donors (Lipinski definition) is 0. The molecular weight excluding hydrogens is 288 g/mol. The lowest BCUT2D eigenvalue weighted by molar-refractivity contribution is 0.489. The lowest BCUT2D eigenvalue weighted by Crippen LogP contribution is -2.34. The molecule has 1 fully saturated rings. The van der Waals surface area contributed by atoms with E-state index < -0.39 is 0 Å². The monoisotopic (exact) mass is 312 g/mol. The lowest BCUT2D eigenvalue weighted by Gasteiger charge is -2.32. The smallest absolute Gasteiger partial charge is 0.225 e. The highest BCUT2D eigenvalue weighted by Crippen LogP contribution is 2.28. The molecule has 2 aromatic heterocycles. The van der Waals surface area contributed by atoms with E-state index in [4.69, 9.17) is 0 Å². The van der Waals surface area contributed by atoms with Crippen molar-refractivity contribution >= 4 is 11.9 Å². The van der Waals surface area contributed by atoms with Crippen molar-refractivity contribution in [3.8, 4) is 0 Å². The van der Waals surface area contributed by atoms with E-state index in [2.05, 4.69) is 24.8 Å². The zero-order valence-electron chi connectivity index (χ0n) is 14.3. The summed E-state index contributed by atoms with van der Waals surface area (Å²) >= 11 is 0. The van der Waals surface area contributed by atoms with Crippen molar-refractivity contribution in [3.63, 3.8) is 0 Å². The van der Waals surface area contributed by atoms with Crippen LogP contribution in [0.15, 0.2) is 18.3 Å². The maximum absolute atomic E-state index is 4.69. The normalized spacial score (nSPS) is 15.7. The van der Waals surface area contributed by atoms with Crippen LogP contribution in [0.2, 0.25) is 0 Å². The van der Waals surface area contributed by atoms with Crippen LogP contribution < -0.4 is 9.80 Å². The molecule has 6 nitrogen and oxygen atoms in total. The molecule has 0 saturated carbocycles. The fourth-order valence-corrected chi connectivity index (χ4v) is 3.03. The predicted molar refractivity (Wildman–Crippen MR) is 92.1 cm³/mol. The van der Waals surface area contributed by atoms with E-state index in [9.17, 15) is 0 Å². The minimum Gasteiger partial charge on any atom is -0.347 e. The van der Waals surface area contributed by atoms with E-state index in [1.54, 1.807) is 0 Å². The van der Waals surface area contributed by atoms with Crippen molar-refractivity contribution in [2.75, 3.05) is 37.0 Å². The minimum absolute atomic E-state index is 0.485. The first-order valence-electron chi connectivity index (χ1n) is 8.10. The molecule has 0 N–H and O–H groups in total. The molecule has 0 atom stereocenters. The van der Waals surface area contributed by atoms with E-state index in [1.807, 2.05) is 51.2 Å². The van der Waals surface area contributed by atoms with Gasteiger partial charge in [-0.2, -0.15) is 0 Å². The molecule has 6 heteroatoms. The predicted octanol–water partition coefficient (Wildman–Crippen LogP) is 2.33. The summed E-state index contributed by atoms with van der Waals surface area (Å²) in [4.78, 5) is 22.4. The van der Waals surface area contributed by atoms with Gasteiger partial charge in [0, 0.05) is 56.4 Å². The molecule has 3 rings (SSSR count). The largest absolute Gasteiger partial charge is 0.347 e. The Morgan fingerprint density at radius 1 is 1.04 bits per heavy atom. The number of aromatic nitrogens is 4. The standard InChI is InChI=1S/C17H24N6/c1-12-11-13(2)20-17(19-12)23-9-6-14(7-10-23)15-5-8-18-16(21-15)22(3)4/h5,8,11,14H,6-7,9-10H2,1-4H3. The number of rotatable bonds is 3. The molecule has 1 aliphatic rings. The van der Waals surface area contributed by atoms with Crippen molar-refractivity contribution in [2.45, 2.75) is 32.6 Å². The molecule has 0 aliphatic carbocycles. The number of piperidine rings is 1. The van der Waals surface area contributed by atoms with Crippen LogP contribution in [0, 0.1) is 13.8 Å². The fourth-order valence-electron chi connectivity index (χ4n) is 3.03. The van der Waals surface area contributed by atoms with E-state index in [0.29, 0.717) is 5.92 Å². The Bertz CT molecular complexity index is 656. The molecule has 3 heterocycles. The molecular formula is C17H24N6. The molecule has 2 aromatic rings. The van der Waals surface area contributed by atoms with Crippen molar-refractivity contribution in [1.82, 2.24) is 19.9 Å². The Hall–Kier alpha value is -2.24. The Labute approximate surface area is 137 Å². The van der Waals surface area contributed by atoms with Gasteiger partial charge >= 0.3 is 0 Å². The molecule has 122 valence electrons. The quantitative estimate of drug-likeness (QED) is 0.867. The summed E-state index contributed by atoms with van der Waals surface area (Å²) in [7, 11) is 3.94. The van der Waals surface area contributed by atoms with Crippen LogP contribution >= 0.6 is 0 Å². The zero-order chi connectivity index (χ0) is 16.4. The summed E-state index contributed by atoms with van der Waals surface area (Å²) < 4.78 is 0. The Morgan fingerprint density at radius 2 is 1.70 bits per heavy atom. The zero-order valence-corrected chi connectivity index (χ0v) is 14.3. The lowest BCUT2D eigenvalue weighted by atomic mass is 9.93. The van der Waals surface area contributed by atoms with Gasteiger partial charge in [-0.15, -0.1) is 0 Å². The van der Waals surface area contributed by atoms with E-state index >= 15 is 0 Å². The average molecular weight is 312 g/mol. The summed E-state index contributed by atoms with van der Waals surface area (Å²) in [6.07, 6.45) is 4.00. The van der Waals surface area contributed by atoms with Gasteiger partial charge < -0.3 is 9.80 Å². The van der Waals surface area contributed by atoms with Gasteiger partial charge in [0.2, 0.25) is 11.9 Å². The van der Waals surface area contributed by atoms with Crippen LogP contribution in [0.1, 0.15) is 35.8 Å². The minimum atomic E-state index is 0.485. The second-order valence-electron chi connectivity index (χ2n) is 6.39. The highest BCUT2D eigenvalue weighted by molar-refractivity contribution is 5.34. The van der Waals surface area contributed by atoms with Gasteiger partial charge in [0.15, 0.2) is 0 Å². The molecule has 0 bridgehead atoms. The Balaban J connectivity index is 1.69. The number of aryl methyl sites for hydroxylation is 2. The average Bonchev–Trinajstić information content (AvgIpc) is 2.54. The van der Waals surface area contributed by atoms with E-state index in [0.717, 1.165) is 54.9 Å². The van der Waals surface area contributed by atoms with Crippen LogP contribution in [-0.4, -0.2) is 47.1 Å². The maximum atomic E-state index is 4.69. The first kappa shape index (κ1) is 15.6. The fraction of sp³-hybridized carbons (Fsp3) is 0.529. The van der Waals surface area contributed by atoms with Gasteiger partial charge in [0.1, 0.15) is 0 Å². The van der Waals surface area contributed by atoms with E-state index in [-0.39, 0.29) is 0 Å². The maximum Gasteiger partial charge on any atom is 0.225 e. The van der Waals surface area contributed by atoms with Gasteiger partial charge in [-0.3, -0.25) is 0 Å². The van der Waals surface area contributed by atoms with Crippen molar-refractivity contribution in [2.24, 2.45) is 0 Å². The van der Waals surface area contributed by atoms with Crippen LogP contribution in [-0.2, 0) is 0 Å². The molecule has 0 unspecified atom stereocenters. The van der Waals surface area contributed by atoms with Crippen molar-refractivity contribution in [3.05, 3.63) is 35.4 Å². The third kappa shape index (κ3) is 3.57. The molecule has 23 heavy (non-hydrogen) atoms. The van der Waals surface area contributed by atoms with Gasteiger partial charge in [0.25, 0.3) is 0 Å². The first-order valence-corrected chi connectivity index (χ1v) is 8.10. The third-order valence-corrected chi connectivity index (χ3v) is 4.23. The summed E-state index contributed by atoms with van der Waals surface area (Å²) in [5.74, 6) is 2.12. The summed E-state index contributed by atoms with van der Waals surface area (Å²) in [6.45, 7) is 5.98. The van der Waals surface area contributed by atoms with Crippen LogP contribution in [0.3, 0.4) is 0 Å².